The summed E-state index contributed by atoms with van der Waals surface area (Å²) in [7, 11) is 1.62. The third-order valence-corrected chi connectivity index (χ3v) is 3.85. The average molecular weight is 273 g/mol. The topological polar surface area (TPSA) is 46.8 Å². The van der Waals surface area contributed by atoms with Crippen molar-refractivity contribution in [2.75, 3.05) is 20.2 Å². The van der Waals surface area contributed by atoms with Crippen molar-refractivity contribution in [2.24, 2.45) is 0 Å². The molecule has 0 aliphatic carbocycles. The van der Waals surface area contributed by atoms with E-state index >= 15 is 0 Å². The molecule has 5 nitrogen and oxygen atoms in total. The summed E-state index contributed by atoms with van der Waals surface area (Å²) in [5.74, 6) is 0.760. The number of methoxy groups -OCH3 is 1. The number of piperidine rings is 1. The highest BCUT2D eigenvalue weighted by Crippen LogP contribution is 2.23. The van der Waals surface area contributed by atoms with Crippen LogP contribution in [0, 0.1) is 6.92 Å². The van der Waals surface area contributed by atoms with Gasteiger partial charge in [0.25, 0.3) is 5.91 Å². The number of ether oxygens (including phenoxy) is 1. The predicted molar refractivity (Wildman–Crippen MR) is 76.2 cm³/mol. The lowest BCUT2D eigenvalue weighted by Crippen LogP contribution is -2.36. The molecular formula is C15H19N3O2. The van der Waals surface area contributed by atoms with Gasteiger partial charge in [-0.25, -0.2) is 4.98 Å². The van der Waals surface area contributed by atoms with Crippen molar-refractivity contribution in [1.82, 2.24) is 14.3 Å². The van der Waals surface area contributed by atoms with Gasteiger partial charge in [0, 0.05) is 19.3 Å². The molecule has 106 valence electrons. The van der Waals surface area contributed by atoms with Gasteiger partial charge in [0.15, 0.2) is 11.4 Å². The molecule has 0 radical (unpaired) electrons. The summed E-state index contributed by atoms with van der Waals surface area (Å²) in [5.41, 5.74) is 2.11. The first-order chi connectivity index (χ1) is 9.72. The lowest BCUT2D eigenvalue weighted by Gasteiger charge is -2.26. The molecule has 0 spiro atoms. The zero-order valence-electron chi connectivity index (χ0n) is 11.9. The maximum Gasteiger partial charge on any atom is 0.272 e. The number of pyridine rings is 1. The van der Waals surface area contributed by atoms with Crippen LogP contribution in [-0.2, 0) is 0 Å². The highest BCUT2D eigenvalue weighted by atomic mass is 16.5. The van der Waals surface area contributed by atoms with Gasteiger partial charge in [-0.05, 0) is 38.3 Å². The maximum absolute atomic E-state index is 12.7. The zero-order chi connectivity index (χ0) is 14.1. The Kier molecular flexibility index (Phi) is 3.34. The van der Waals surface area contributed by atoms with Crippen LogP contribution < -0.4 is 4.74 Å². The van der Waals surface area contributed by atoms with E-state index < -0.39 is 0 Å². The summed E-state index contributed by atoms with van der Waals surface area (Å²) in [6, 6.07) is 3.73. The number of rotatable bonds is 2. The average Bonchev–Trinajstić information content (AvgIpc) is 2.83. The number of hydrogen-bond donors (Lipinski definition) is 0. The van der Waals surface area contributed by atoms with E-state index in [0.717, 1.165) is 31.6 Å². The number of amides is 1. The highest BCUT2D eigenvalue weighted by Gasteiger charge is 2.24. The van der Waals surface area contributed by atoms with Crippen molar-refractivity contribution in [3.63, 3.8) is 0 Å². The Morgan fingerprint density at radius 1 is 1.30 bits per heavy atom. The molecule has 0 bridgehead atoms. The van der Waals surface area contributed by atoms with Crippen molar-refractivity contribution < 1.29 is 9.53 Å². The van der Waals surface area contributed by atoms with Gasteiger partial charge in [-0.3, -0.25) is 9.20 Å². The monoisotopic (exact) mass is 273 g/mol. The van der Waals surface area contributed by atoms with Crippen LogP contribution in [0.1, 0.15) is 35.4 Å². The Hall–Kier alpha value is -2.04. The number of nitrogens with zero attached hydrogens (tertiary/aromatic N) is 3. The van der Waals surface area contributed by atoms with Crippen molar-refractivity contribution in [3.8, 4) is 5.75 Å². The number of fused-ring (bicyclic) bond motifs is 1. The van der Waals surface area contributed by atoms with Gasteiger partial charge < -0.3 is 9.64 Å². The Morgan fingerprint density at radius 2 is 2.05 bits per heavy atom. The molecule has 0 N–H and O–H groups in total. The first kappa shape index (κ1) is 13.0. The fraction of sp³-hybridized carbons (Fsp3) is 0.467. The van der Waals surface area contributed by atoms with Crippen molar-refractivity contribution in [2.45, 2.75) is 26.2 Å². The largest absolute Gasteiger partial charge is 0.493 e. The van der Waals surface area contributed by atoms with Gasteiger partial charge in [-0.2, -0.15) is 0 Å². The lowest BCUT2D eigenvalue weighted by molar-refractivity contribution is 0.0716. The van der Waals surface area contributed by atoms with Crippen LogP contribution in [0.4, 0.5) is 0 Å². The molecule has 0 aromatic carbocycles. The molecule has 1 aliphatic heterocycles. The van der Waals surface area contributed by atoms with E-state index in [9.17, 15) is 4.79 Å². The second kappa shape index (κ2) is 5.15. The van der Waals surface area contributed by atoms with E-state index in [0.29, 0.717) is 17.1 Å². The van der Waals surface area contributed by atoms with Crippen molar-refractivity contribution in [3.05, 3.63) is 29.7 Å². The second-order valence-corrected chi connectivity index (χ2v) is 5.17. The summed E-state index contributed by atoms with van der Waals surface area (Å²) >= 11 is 0. The third-order valence-electron chi connectivity index (χ3n) is 3.85. The fourth-order valence-corrected chi connectivity index (χ4v) is 2.82. The number of likely N-dealkylation sites (tertiary alicyclic amines) is 1. The molecule has 1 aliphatic rings. The maximum atomic E-state index is 12.7. The Morgan fingerprint density at radius 3 is 2.75 bits per heavy atom. The van der Waals surface area contributed by atoms with E-state index in [1.807, 2.05) is 34.6 Å². The minimum atomic E-state index is 0.0722. The summed E-state index contributed by atoms with van der Waals surface area (Å²) < 4.78 is 7.15. The van der Waals surface area contributed by atoms with Crippen LogP contribution in [-0.4, -0.2) is 40.4 Å². The molecule has 1 fully saturated rings. The van der Waals surface area contributed by atoms with Crippen molar-refractivity contribution in [1.29, 1.82) is 0 Å². The second-order valence-electron chi connectivity index (χ2n) is 5.17. The molecular weight excluding hydrogens is 254 g/mol. The quantitative estimate of drug-likeness (QED) is 0.843. The van der Waals surface area contributed by atoms with Crippen LogP contribution in [0.2, 0.25) is 0 Å². The minimum Gasteiger partial charge on any atom is -0.493 e. The standard InChI is InChI=1S/C15H19N3O2/c1-11-13(15(19)17-8-4-3-5-9-17)18-10-6-7-12(20-2)14(18)16-11/h6-7,10H,3-5,8-9H2,1-2H3. The van der Waals surface area contributed by atoms with Gasteiger partial charge in [0.05, 0.1) is 12.8 Å². The van der Waals surface area contributed by atoms with E-state index in [1.54, 1.807) is 7.11 Å². The number of aryl methyl sites for hydroxylation is 1. The summed E-state index contributed by atoms with van der Waals surface area (Å²) in [6.07, 6.45) is 5.26. The molecule has 1 saturated heterocycles. The summed E-state index contributed by atoms with van der Waals surface area (Å²) in [5, 5.41) is 0. The smallest absolute Gasteiger partial charge is 0.272 e. The lowest BCUT2D eigenvalue weighted by atomic mass is 10.1. The SMILES string of the molecule is COc1cccn2c(C(=O)N3CCCCC3)c(C)nc12. The highest BCUT2D eigenvalue weighted by molar-refractivity contribution is 5.95. The van der Waals surface area contributed by atoms with Gasteiger partial charge in [0.1, 0.15) is 5.69 Å². The van der Waals surface area contributed by atoms with Gasteiger partial charge in [-0.15, -0.1) is 0 Å². The Bertz CT molecular complexity index is 642. The Labute approximate surface area is 118 Å². The van der Waals surface area contributed by atoms with Gasteiger partial charge >= 0.3 is 0 Å². The minimum absolute atomic E-state index is 0.0722. The van der Waals surface area contributed by atoms with Crippen LogP contribution in [0.15, 0.2) is 18.3 Å². The molecule has 2 aromatic rings. The molecule has 0 saturated carbocycles. The zero-order valence-corrected chi connectivity index (χ0v) is 11.9. The molecule has 5 heteroatoms. The van der Waals surface area contributed by atoms with E-state index in [4.69, 9.17) is 4.74 Å². The van der Waals surface area contributed by atoms with Gasteiger partial charge in [-0.1, -0.05) is 0 Å². The molecule has 0 unspecified atom stereocenters. The number of imidazole rings is 1. The molecule has 1 amide bonds. The van der Waals surface area contributed by atoms with Crippen LogP contribution in [0.5, 0.6) is 5.75 Å². The van der Waals surface area contributed by atoms with Gasteiger partial charge in [0.2, 0.25) is 0 Å². The molecule has 3 heterocycles. The van der Waals surface area contributed by atoms with E-state index in [1.165, 1.54) is 6.42 Å². The number of carbonyl (C=O) groups is 1. The van der Waals surface area contributed by atoms with Crippen LogP contribution in [0.25, 0.3) is 5.65 Å². The fourth-order valence-electron chi connectivity index (χ4n) is 2.82. The number of carbonyl (C=O) groups excluding carboxylic acids is 1. The predicted octanol–water partition coefficient (Wildman–Crippen LogP) is 2.28. The van der Waals surface area contributed by atoms with Crippen LogP contribution >= 0.6 is 0 Å². The first-order valence-electron chi connectivity index (χ1n) is 7.03. The molecule has 3 rings (SSSR count). The van der Waals surface area contributed by atoms with Crippen molar-refractivity contribution >= 4 is 11.6 Å². The Balaban J connectivity index is 2.06. The summed E-state index contributed by atoms with van der Waals surface area (Å²) in [6.45, 7) is 3.56. The molecule has 0 atom stereocenters. The normalized spacial score (nSPS) is 15.6. The third kappa shape index (κ3) is 2.03. The first-order valence-corrected chi connectivity index (χ1v) is 7.03. The summed E-state index contributed by atoms with van der Waals surface area (Å²) in [4.78, 5) is 19.1. The molecule has 20 heavy (non-hydrogen) atoms. The van der Waals surface area contributed by atoms with E-state index in [2.05, 4.69) is 4.98 Å². The number of hydrogen-bond acceptors (Lipinski definition) is 3. The number of aromatic nitrogens is 2. The molecule has 2 aromatic heterocycles. The van der Waals surface area contributed by atoms with Crippen LogP contribution in [0.3, 0.4) is 0 Å². The van der Waals surface area contributed by atoms with E-state index in [-0.39, 0.29) is 5.91 Å².